The zero-order valence-electron chi connectivity index (χ0n) is 22.7. The molecule has 2 aromatic carbocycles. The Morgan fingerprint density at radius 1 is 0.974 bits per heavy atom. The van der Waals surface area contributed by atoms with E-state index in [9.17, 15) is 14.4 Å². The van der Waals surface area contributed by atoms with Crippen LogP contribution in [-0.2, 0) is 22.4 Å². The van der Waals surface area contributed by atoms with E-state index >= 15 is 0 Å². The Hall–Kier alpha value is -3.85. The largest absolute Gasteiger partial charge is 0.494 e. The number of anilines is 2. The van der Waals surface area contributed by atoms with Gasteiger partial charge in [-0.3, -0.25) is 9.59 Å². The smallest absolute Gasteiger partial charge is 0.341 e. The molecule has 0 unspecified atom stereocenters. The summed E-state index contributed by atoms with van der Waals surface area (Å²) in [6.45, 7) is 8.36. The molecule has 1 heterocycles. The molecule has 206 valence electrons. The number of hydrogen-bond donors (Lipinski definition) is 2. The SMILES string of the molecule is CCOC(=O)c1c(NC(=O)c2ccc(O[C@@H](C)C(=O)Nc3ccc(OCC)cc3)cc2)sc2c1CC[C@H](C)C2. The predicted octanol–water partition coefficient (Wildman–Crippen LogP) is 6.11. The monoisotopic (exact) mass is 550 g/mol. The van der Waals surface area contributed by atoms with Crippen LogP contribution in [0, 0.1) is 5.92 Å². The molecule has 0 aliphatic heterocycles. The molecule has 9 heteroatoms. The molecular formula is C30H34N2O6S. The quantitative estimate of drug-likeness (QED) is 0.296. The van der Waals surface area contributed by atoms with Crippen molar-refractivity contribution in [2.24, 2.45) is 5.92 Å². The van der Waals surface area contributed by atoms with Gasteiger partial charge in [0.15, 0.2) is 6.10 Å². The fourth-order valence-electron chi connectivity index (χ4n) is 4.42. The van der Waals surface area contributed by atoms with E-state index in [-0.39, 0.29) is 18.4 Å². The maximum Gasteiger partial charge on any atom is 0.341 e. The first-order valence-electron chi connectivity index (χ1n) is 13.2. The molecule has 4 rings (SSSR count). The summed E-state index contributed by atoms with van der Waals surface area (Å²) in [4.78, 5) is 39.5. The number of benzene rings is 2. The van der Waals surface area contributed by atoms with Crippen molar-refractivity contribution >= 4 is 39.8 Å². The lowest BCUT2D eigenvalue weighted by Gasteiger charge is -2.18. The minimum Gasteiger partial charge on any atom is -0.494 e. The third-order valence-corrected chi connectivity index (χ3v) is 7.62. The van der Waals surface area contributed by atoms with Crippen LogP contribution in [0.25, 0.3) is 0 Å². The second-order valence-corrected chi connectivity index (χ2v) is 10.6. The lowest BCUT2D eigenvalue weighted by molar-refractivity contribution is -0.122. The number of thiophene rings is 1. The first-order chi connectivity index (χ1) is 18.8. The van der Waals surface area contributed by atoms with Gasteiger partial charge in [0.1, 0.15) is 16.5 Å². The normalized spacial score (nSPS) is 15.0. The summed E-state index contributed by atoms with van der Waals surface area (Å²) in [6, 6.07) is 13.6. The van der Waals surface area contributed by atoms with E-state index in [0.717, 1.165) is 35.5 Å². The fraction of sp³-hybridized carbons (Fsp3) is 0.367. The van der Waals surface area contributed by atoms with Gasteiger partial charge in [0.2, 0.25) is 0 Å². The lowest BCUT2D eigenvalue weighted by atomic mass is 9.88. The van der Waals surface area contributed by atoms with Crippen LogP contribution in [0.15, 0.2) is 48.5 Å². The Bertz CT molecular complexity index is 1320. The van der Waals surface area contributed by atoms with Gasteiger partial charge in [0, 0.05) is 16.1 Å². The second-order valence-electron chi connectivity index (χ2n) is 9.46. The van der Waals surface area contributed by atoms with Crippen LogP contribution >= 0.6 is 11.3 Å². The summed E-state index contributed by atoms with van der Waals surface area (Å²) >= 11 is 1.45. The van der Waals surface area contributed by atoms with E-state index in [1.54, 1.807) is 62.4 Å². The van der Waals surface area contributed by atoms with Crippen molar-refractivity contribution in [3.05, 3.63) is 70.1 Å². The average molecular weight is 551 g/mol. The molecule has 2 atom stereocenters. The van der Waals surface area contributed by atoms with Crippen molar-refractivity contribution in [3.8, 4) is 11.5 Å². The number of nitrogens with one attached hydrogen (secondary N) is 2. The molecule has 1 aliphatic carbocycles. The number of rotatable bonds is 10. The van der Waals surface area contributed by atoms with Crippen molar-refractivity contribution in [1.29, 1.82) is 0 Å². The molecule has 0 radical (unpaired) electrons. The lowest BCUT2D eigenvalue weighted by Crippen LogP contribution is -2.30. The summed E-state index contributed by atoms with van der Waals surface area (Å²) < 4.78 is 16.5. The number of amides is 2. The number of fused-ring (bicyclic) bond motifs is 1. The first-order valence-corrected chi connectivity index (χ1v) is 14.0. The van der Waals surface area contributed by atoms with E-state index in [2.05, 4.69) is 17.6 Å². The number of ether oxygens (including phenoxy) is 3. The Kier molecular flexibility index (Phi) is 9.24. The molecule has 0 spiro atoms. The highest BCUT2D eigenvalue weighted by Crippen LogP contribution is 2.40. The van der Waals surface area contributed by atoms with Crippen LogP contribution in [-0.4, -0.2) is 37.1 Å². The number of esters is 1. The van der Waals surface area contributed by atoms with Crippen LogP contribution in [0.5, 0.6) is 11.5 Å². The third-order valence-electron chi connectivity index (χ3n) is 6.45. The predicted molar refractivity (Wildman–Crippen MR) is 152 cm³/mol. The maximum atomic E-state index is 13.1. The summed E-state index contributed by atoms with van der Waals surface area (Å²) in [7, 11) is 0. The summed E-state index contributed by atoms with van der Waals surface area (Å²) in [5, 5.41) is 6.26. The molecule has 0 bridgehead atoms. The van der Waals surface area contributed by atoms with E-state index in [4.69, 9.17) is 14.2 Å². The minimum absolute atomic E-state index is 0.269. The molecule has 1 aliphatic rings. The molecule has 8 nitrogen and oxygen atoms in total. The molecule has 0 fully saturated rings. The number of carbonyl (C=O) groups excluding carboxylic acids is 3. The standard InChI is InChI=1S/C30H34N2O6S/c1-5-36-22-14-10-21(11-15-22)31-27(33)19(4)38-23-12-8-20(9-13-23)28(34)32-29-26(30(35)37-6-2)24-16-7-18(3)17-25(24)39-29/h8-15,18-19H,5-7,16-17H2,1-4H3,(H,31,33)(H,32,34)/t18-,19-/m0/s1. The Morgan fingerprint density at radius 2 is 1.67 bits per heavy atom. The topological polar surface area (TPSA) is 103 Å². The van der Waals surface area contributed by atoms with Crippen LogP contribution < -0.4 is 20.1 Å². The van der Waals surface area contributed by atoms with E-state index in [1.165, 1.54) is 11.3 Å². The zero-order chi connectivity index (χ0) is 27.9. The molecule has 2 amide bonds. The summed E-state index contributed by atoms with van der Waals surface area (Å²) in [5.74, 6) is 0.681. The van der Waals surface area contributed by atoms with Crippen molar-refractivity contribution in [3.63, 3.8) is 0 Å². The van der Waals surface area contributed by atoms with Crippen LogP contribution in [0.4, 0.5) is 10.7 Å². The summed E-state index contributed by atoms with van der Waals surface area (Å²) in [5.41, 5.74) is 2.51. The van der Waals surface area contributed by atoms with Gasteiger partial charge in [0.25, 0.3) is 11.8 Å². The second kappa shape index (κ2) is 12.8. The van der Waals surface area contributed by atoms with E-state index in [1.807, 2.05) is 6.92 Å². The van der Waals surface area contributed by atoms with Crippen molar-refractivity contribution < 1.29 is 28.6 Å². The maximum absolute atomic E-state index is 13.1. The van der Waals surface area contributed by atoms with Gasteiger partial charge in [-0.15, -0.1) is 11.3 Å². The molecule has 39 heavy (non-hydrogen) atoms. The van der Waals surface area contributed by atoms with Gasteiger partial charge < -0.3 is 24.8 Å². The highest BCUT2D eigenvalue weighted by molar-refractivity contribution is 7.17. The van der Waals surface area contributed by atoms with Crippen LogP contribution in [0.1, 0.15) is 65.3 Å². The highest BCUT2D eigenvalue weighted by atomic mass is 32.1. The van der Waals surface area contributed by atoms with Gasteiger partial charge in [-0.25, -0.2) is 4.79 Å². The molecule has 0 saturated carbocycles. The van der Waals surface area contributed by atoms with Gasteiger partial charge in [-0.1, -0.05) is 6.92 Å². The highest BCUT2D eigenvalue weighted by Gasteiger charge is 2.29. The Balaban J connectivity index is 1.39. The Labute approximate surface area is 232 Å². The molecule has 1 aromatic heterocycles. The average Bonchev–Trinajstić information content (AvgIpc) is 3.27. The molecule has 0 saturated heterocycles. The third kappa shape index (κ3) is 6.97. The van der Waals surface area contributed by atoms with E-state index < -0.39 is 12.1 Å². The molecular weight excluding hydrogens is 516 g/mol. The first kappa shape index (κ1) is 28.2. The number of hydrogen-bond acceptors (Lipinski definition) is 7. The minimum atomic E-state index is -0.761. The molecule has 3 aromatic rings. The van der Waals surface area contributed by atoms with Crippen molar-refractivity contribution in [2.75, 3.05) is 23.8 Å². The van der Waals surface area contributed by atoms with Gasteiger partial charge in [-0.2, -0.15) is 0 Å². The van der Waals surface area contributed by atoms with Gasteiger partial charge in [-0.05, 0) is 100 Å². The zero-order valence-corrected chi connectivity index (χ0v) is 23.5. The van der Waals surface area contributed by atoms with Crippen molar-refractivity contribution in [2.45, 2.75) is 53.1 Å². The van der Waals surface area contributed by atoms with Crippen LogP contribution in [0.2, 0.25) is 0 Å². The fourth-order valence-corrected chi connectivity index (χ4v) is 5.81. The van der Waals surface area contributed by atoms with Gasteiger partial charge in [0.05, 0.1) is 18.8 Å². The summed E-state index contributed by atoms with van der Waals surface area (Å²) in [6.07, 6.45) is 1.93. The molecule has 2 N–H and O–H groups in total. The number of carbonyl (C=O) groups is 3. The van der Waals surface area contributed by atoms with Crippen LogP contribution in [0.3, 0.4) is 0 Å². The van der Waals surface area contributed by atoms with Crippen molar-refractivity contribution in [1.82, 2.24) is 0 Å². The van der Waals surface area contributed by atoms with E-state index in [0.29, 0.717) is 40.1 Å². The van der Waals surface area contributed by atoms with Gasteiger partial charge >= 0.3 is 5.97 Å². The Morgan fingerprint density at radius 3 is 2.33 bits per heavy atom.